The van der Waals surface area contributed by atoms with Crippen LogP contribution in [0, 0.1) is 5.82 Å². The highest BCUT2D eigenvalue weighted by molar-refractivity contribution is 7.89. The van der Waals surface area contributed by atoms with Crippen molar-refractivity contribution in [2.75, 3.05) is 25.5 Å². The number of nitrogens with zero attached hydrogens (tertiary/aromatic N) is 3. The molecule has 2 aromatic heterocycles. The molecule has 0 aliphatic carbocycles. The lowest BCUT2D eigenvalue weighted by Crippen LogP contribution is -2.26. The van der Waals surface area contributed by atoms with Crippen LogP contribution in [-0.2, 0) is 10.0 Å². The molecule has 0 radical (unpaired) electrons. The van der Waals surface area contributed by atoms with Crippen molar-refractivity contribution in [3.8, 4) is 33.8 Å². The molecule has 0 unspecified atom stereocenters. The van der Waals surface area contributed by atoms with Gasteiger partial charge in [-0.05, 0) is 66.6 Å². The first kappa shape index (κ1) is 27.0. The molecule has 0 fully saturated rings. The van der Waals surface area contributed by atoms with Gasteiger partial charge in [-0.3, -0.25) is 0 Å². The molecule has 40 heavy (non-hydrogen) atoms. The lowest BCUT2D eigenvalue weighted by atomic mass is 10.0. The van der Waals surface area contributed by atoms with Gasteiger partial charge in [0.15, 0.2) is 0 Å². The predicted octanol–water partition coefficient (Wildman–Crippen LogP) is 5.53. The Morgan fingerprint density at radius 1 is 0.900 bits per heavy atom. The summed E-state index contributed by atoms with van der Waals surface area (Å²) in [6.45, 7) is 0.670. The van der Waals surface area contributed by atoms with Gasteiger partial charge in [-0.2, -0.15) is 5.10 Å². The molecular formula is C30H28FN5O3S. The van der Waals surface area contributed by atoms with Crippen molar-refractivity contribution in [2.45, 2.75) is 11.3 Å². The number of pyridine rings is 1. The van der Waals surface area contributed by atoms with E-state index in [1.807, 2.05) is 77.6 Å². The van der Waals surface area contributed by atoms with Crippen LogP contribution in [0.15, 0.2) is 108 Å². The van der Waals surface area contributed by atoms with Crippen molar-refractivity contribution < 1.29 is 17.5 Å². The molecule has 0 amide bonds. The van der Waals surface area contributed by atoms with Crippen molar-refractivity contribution in [1.82, 2.24) is 19.5 Å². The average Bonchev–Trinajstić information content (AvgIpc) is 3.43. The number of rotatable bonds is 11. The maximum absolute atomic E-state index is 13.4. The summed E-state index contributed by atoms with van der Waals surface area (Å²) >= 11 is 0. The third-order valence-corrected chi connectivity index (χ3v) is 7.67. The molecule has 8 nitrogen and oxygen atoms in total. The molecule has 0 aliphatic rings. The van der Waals surface area contributed by atoms with E-state index in [2.05, 4.69) is 15.0 Å². The minimum Gasteiger partial charge on any atom is -0.497 e. The minimum atomic E-state index is -3.78. The van der Waals surface area contributed by atoms with Crippen LogP contribution >= 0.6 is 0 Å². The number of benzene rings is 3. The van der Waals surface area contributed by atoms with Crippen LogP contribution in [0.2, 0.25) is 0 Å². The SMILES string of the molecule is COc1cccc(-c2nn(-c3ccccc3)cc2-c2ccnc(NCCCNS(=O)(=O)c3cccc(F)c3)c2)c1. The van der Waals surface area contributed by atoms with E-state index in [9.17, 15) is 12.8 Å². The zero-order valence-electron chi connectivity index (χ0n) is 21.8. The molecule has 0 saturated carbocycles. The summed E-state index contributed by atoms with van der Waals surface area (Å²) < 4.78 is 48.0. The second-order valence-corrected chi connectivity index (χ2v) is 10.7. The summed E-state index contributed by atoms with van der Waals surface area (Å²) in [5.41, 5.74) is 4.49. The van der Waals surface area contributed by atoms with Gasteiger partial charge in [0.1, 0.15) is 23.1 Å². The first-order valence-corrected chi connectivity index (χ1v) is 14.2. The first-order chi connectivity index (χ1) is 19.4. The Morgan fingerprint density at radius 3 is 2.52 bits per heavy atom. The number of para-hydroxylation sites is 1. The summed E-state index contributed by atoms with van der Waals surface area (Å²) in [6, 6.07) is 26.4. The van der Waals surface area contributed by atoms with E-state index in [1.54, 1.807) is 13.3 Å². The number of hydrogen-bond acceptors (Lipinski definition) is 6. The second kappa shape index (κ2) is 12.1. The van der Waals surface area contributed by atoms with Crippen molar-refractivity contribution in [1.29, 1.82) is 0 Å². The van der Waals surface area contributed by atoms with E-state index in [-0.39, 0.29) is 11.4 Å². The van der Waals surface area contributed by atoms with Crippen molar-refractivity contribution in [3.05, 3.63) is 109 Å². The molecule has 0 spiro atoms. The van der Waals surface area contributed by atoms with Gasteiger partial charge in [-0.25, -0.2) is 27.2 Å². The van der Waals surface area contributed by atoms with Crippen LogP contribution in [0.5, 0.6) is 5.75 Å². The largest absolute Gasteiger partial charge is 0.497 e. The molecule has 2 heterocycles. The van der Waals surface area contributed by atoms with Crippen LogP contribution in [0.4, 0.5) is 10.2 Å². The van der Waals surface area contributed by atoms with Crippen molar-refractivity contribution in [3.63, 3.8) is 0 Å². The zero-order valence-corrected chi connectivity index (χ0v) is 22.6. The number of methoxy groups -OCH3 is 1. The third kappa shape index (κ3) is 6.36. The molecule has 0 saturated heterocycles. The third-order valence-electron chi connectivity index (χ3n) is 6.21. The summed E-state index contributed by atoms with van der Waals surface area (Å²) in [5, 5.41) is 8.16. The predicted molar refractivity (Wildman–Crippen MR) is 153 cm³/mol. The Bertz CT molecular complexity index is 1710. The lowest BCUT2D eigenvalue weighted by molar-refractivity contribution is 0.415. The number of halogens is 1. The Hall–Kier alpha value is -4.54. The highest BCUT2D eigenvalue weighted by Gasteiger charge is 2.16. The number of ether oxygens (including phenoxy) is 1. The van der Waals surface area contributed by atoms with Crippen molar-refractivity contribution in [2.24, 2.45) is 0 Å². The van der Waals surface area contributed by atoms with Gasteiger partial charge in [0.05, 0.1) is 17.7 Å². The van der Waals surface area contributed by atoms with E-state index in [0.29, 0.717) is 18.8 Å². The Morgan fingerprint density at radius 2 is 1.73 bits per heavy atom. The maximum atomic E-state index is 13.4. The summed E-state index contributed by atoms with van der Waals surface area (Å²) in [5.74, 6) is 0.789. The average molecular weight is 558 g/mol. The number of anilines is 1. The Balaban J connectivity index is 1.32. The minimum absolute atomic E-state index is 0.0993. The quantitative estimate of drug-likeness (QED) is 0.207. The highest BCUT2D eigenvalue weighted by atomic mass is 32.2. The monoisotopic (exact) mass is 557 g/mol. The summed E-state index contributed by atoms with van der Waals surface area (Å²) in [6.07, 6.45) is 4.21. The maximum Gasteiger partial charge on any atom is 0.240 e. The molecule has 3 aromatic carbocycles. The van der Waals surface area contributed by atoms with E-state index in [0.717, 1.165) is 39.9 Å². The normalized spacial score (nSPS) is 11.3. The summed E-state index contributed by atoms with van der Waals surface area (Å²) in [7, 11) is -2.14. The van der Waals surface area contributed by atoms with E-state index in [4.69, 9.17) is 9.84 Å². The highest BCUT2D eigenvalue weighted by Crippen LogP contribution is 2.34. The van der Waals surface area contributed by atoms with Crippen LogP contribution in [-0.4, -0.2) is 43.4 Å². The summed E-state index contributed by atoms with van der Waals surface area (Å²) in [4.78, 5) is 4.33. The van der Waals surface area contributed by atoms with Gasteiger partial charge in [0, 0.05) is 36.6 Å². The first-order valence-electron chi connectivity index (χ1n) is 12.7. The van der Waals surface area contributed by atoms with E-state index >= 15 is 0 Å². The molecule has 5 rings (SSSR count). The van der Waals surface area contributed by atoms with Gasteiger partial charge >= 0.3 is 0 Å². The number of hydrogen-bond donors (Lipinski definition) is 2. The van der Waals surface area contributed by atoms with Gasteiger partial charge in [0.25, 0.3) is 0 Å². The smallest absolute Gasteiger partial charge is 0.240 e. The fourth-order valence-corrected chi connectivity index (χ4v) is 5.31. The molecular weight excluding hydrogens is 529 g/mol. The fourth-order valence-electron chi connectivity index (χ4n) is 4.21. The Labute approximate surface area is 232 Å². The van der Waals surface area contributed by atoms with Gasteiger partial charge in [-0.1, -0.05) is 36.4 Å². The fraction of sp³-hybridized carbons (Fsp3) is 0.133. The molecule has 0 aliphatic heterocycles. The number of sulfonamides is 1. The molecule has 2 N–H and O–H groups in total. The van der Waals surface area contributed by atoms with E-state index < -0.39 is 15.8 Å². The van der Waals surface area contributed by atoms with Crippen LogP contribution < -0.4 is 14.8 Å². The molecule has 0 bridgehead atoms. The zero-order chi connectivity index (χ0) is 28.0. The van der Waals surface area contributed by atoms with Crippen molar-refractivity contribution >= 4 is 15.8 Å². The van der Waals surface area contributed by atoms with E-state index in [1.165, 1.54) is 18.2 Å². The van der Waals surface area contributed by atoms with Crippen LogP contribution in [0.1, 0.15) is 6.42 Å². The topological polar surface area (TPSA) is 98.1 Å². The molecule has 10 heteroatoms. The molecule has 5 aromatic rings. The Kier molecular flexibility index (Phi) is 8.18. The number of aromatic nitrogens is 3. The van der Waals surface area contributed by atoms with Gasteiger partial charge in [0.2, 0.25) is 10.0 Å². The standard InChI is InChI=1S/C30H28FN5O3S/c1-39-26-12-5-8-23(18-26)30-28(21-36(35-30)25-10-3-2-4-11-25)22-14-17-33-29(19-22)32-15-7-16-34-40(37,38)27-13-6-9-24(31)20-27/h2-6,8-14,17-21,34H,7,15-16H2,1H3,(H,32,33). The van der Waals surface area contributed by atoms with Gasteiger partial charge < -0.3 is 10.1 Å². The van der Waals surface area contributed by atoms with Crippen LogP contribution in [0.25, 0.3) is 28.1 Å². The molecule has 0 atom stereocenters. The van der Waals surface area contributed by atoms with Gasteiger partial charge in [-0.15, -0.1) is 0 Å². The second-order valence-electron chi connectivity index (χ2n) is 8.97. The lowest BCUT2D eigenvalue weighted by Gasteiger charge is -2.09. The number of nitrogens with one attached hydrogen (secondary N) is 2. The molecule has 204 valence electrons. The van der Waals surface area contributed by atoms with Crippen LogP contribution in [0.3, 0.4) is 0 Å².